The lowest BCUT2D eigenvalue weighted by molar-refractivity contribution is -0.123. The molecule has 1 fully saturated rings. The molecule has 2 heterocycles. The van der Waals surface area contributed by atoms with Crippen LogP contribution >= 0.6 is 35.0 Å². The molecule has 1 aliphatic heterocycles. The highest BCUT2D eigenvalue weighted by atomic mass is 35.5. The van der Waals surface area contributed by atoms with Gasteiger partial charge in [-0.05, 0) is 78.7 Å². The highest BCUT2D eigenvalue weighted by molar-refractivity contribution is 8.18. The summed E-state index contributed by atoms with van der Waals surface area (Å²) in [5.74, 6) is -0.349. The summed E-state index contributed by atoms with van der Waals surface area (Å²) in [4.78, 5) is 27.4. The molecule has 4 aromatic rings. The first kappa shape index (κ1) is 24.4. The second-order valence-electron chi connectivity index (χ2n) is 8.54. The quantitative estimate of drug-likeness (QED) is 0.242. The van der Waals surface area contributed by atoms with Crippen LogP contribution in [0.5, 0.6) is 0 Å². The van der Waals surface area contributed by atoms with Crippen molar-refractivity contribution in [2.45, 2.75) is 20.4 Å². The fourth-order valence-electron chi connectivity index (χ4n) is 4.38. The molecule has 0 aliphatic carbocycles. The Bertz CT molecular complexity index is 1490. The largest absolute Gasteiger partial charge is 0.318 e. The third-order valence-electron chi connectivity index (χ3n) is 6.24. The van der Waals surface area contributed by atoms with Crippen molar-refractivity contribution >= 4 is 52.2 Å². The van der Waals surface area contributed by atoms with Crippen molar-refractivity contribution < 1.29 is 9.59 Å². The molecule has 36 heavy (non-hydrogen) atoms. The summed E-state index contributed by atoms with van der Waals surface area (Å²) in [6.07, 6.45) is 1.79. The Morgan fingerprint density at radius 3 is 2.14 bits per heavy atom. The van der Waals surface area contributed by atoms with Crippen LogP contribution < -0.4 is 0 Å². The van der Waals surface area contributed by atoms with Gasteiger partial charge < -0.3 is 4.57 Å². The van der Waals surface area contributed by atoms with Crippen LogP contribution in [0.3, 0.4) is 0 Å². The van der Waals surface area contributed by atoms with Gasteiger partial charge >= 0.3 is 0 Å². The standard InChI is InChI=1S/C29H22Cl2N2O2S/c1-18-15-22(19(2)33(18)23-13-11-21(12-14-23)20-7-4-3-5-8-20)16-27-28(34)32(29(35)36-27)17-24-25(30)9-6-10-26(24)31/h3-16H,17H2,1-2H3/b27-16-. The molecule has 0 saturated carbocycles. The van der Waals surface area contributed by atoms with Crippen molar-refractivity contribution in [3.63, 3.8) is 0 Å². The number of aryl methyl sites for hydroxylation is 1. The first-order valence-corrected chi connectivity index (χ1v) is 12.9. The minimum Gasteiger partial charge on any atom is -0.318 e. The van der Waals surface area contributed by atoms with Gasteiger partial charge in [-0.25, -0.2) is 0 Å². The van der Waals surface area contributed by atoms with Gasteiger partial charge in [0.05, 0.1) is 11.4 Å². The van der Waals surface area contributed by atoms with Gasteiger partial charge in [0.1, 0.15) is 0 Å². The molecule has 1 aromatic heterocycles. The summed E-state index contributed by atoms with van der Waals surface area (Å²) in [6.45, 7) is 4.07. The smallest absolute Gasteiger partial charge is 0.293 e. The summed E-state index contributed by atoms with van der Waals surface area (Å²) in [6, 6.07) is 25.8. The number of aromatic nitrogens is 1. The molecule has 4 nitrogen and oxygen atoms in total. The first-order chi connectivity index (χ1) is 17.3. The maximum atomic E-state index is 13.1. The van der Waals surface area contributed by atoms with Gasteiger partial charge in [0.2, 0.25) is 0 Å². The predicted octanol–water partition coefficient (Wildman–Crippen LogP) is 8.30. The molecular weight excluding hydrogens is 511 g/mol. The summed E-state index contributed by atoms with van der Waals surface area (Å²) in [7, 11) is 0. The van der Waals surface area contributed by atoms with Gasteiger partial charge in [-0.3, -0.25) is 14.5 Å². The Kier molecular flexibility index (Phi) is 6.80. The number of benzene rings is 3. The van der Waals surface area contributed by atoms with Gasteiger partial charge in [0.15, 0.2) is 0 Å². The van der Waals surface area contributed by atoms with Gasteiger partial charge in [-0.15, -0.1) is 0 Å². The number of rotatable bonds is 5. The van der Waals surface area contributed by atoms with Crippen molar-refractivity contribution in [3.05, 3.63) is 116 Å². The Morgan fingerprint density at radius 1 is 0.833 bits per heavy atom. The van der Waals surface area contributed by atoms with E-state index in [1.54, 1.807) is 24.3 Å². The summed E-state index contributed by atoms with van der Waals surface area (Å²) in [5, 5.41) is 0.507. The van der Waals surface area contributed by atoms with E-state index in [0.29, 0.717) is 20.5 Å². The molecule has 5 rings (SSSR count). The van der Waals surface area contributed by atoms with Gasteiger partial charge in [-0.1, -0.05) is 71.7 Å². The van der Waals surface area contributed by atoms with Gasteiger partial charge in [-0.2, -0.15) is 0 Å². The maximum Gasteiger partial charge on any atom is 0.293 e. The molecule has 1 aliphatic rings. The third kappa shape index (κ3) is 4.62. The van der Waals surface area contributed by atoms with Crippen LogP contribution in [0.25, 0.3) is 22.9 Å². The summed E-state index contributed by atoms with van der Waals surface area (Å²) < 4.78 is 2.15. The number of amides is 2. The zero-order valence-electron chi connectivity index (χ0n) is 19.7. The normalized spacial score (nSPS) is 14.8. The van der Waals surface area contributed by atoms with E-state index in [-0.39, 0.29) is 17.7 Å². The molecule has 1 saturated heterocycles. The summed E-state index contributed by atoms with van der Waals surface area (Å²) in [5.41, 5.74) is 6.82. The molecule has 0 N–H and O–H groups in total. The van der Waals surface area contributed by atoms with Crippen LogP contribution in [-0.4, -0.2) is 20.6 Å². The average Bonchev–Trinajstić information content (AvgIpc) is 3.30. The van der Waals surface area contributed by atoms with Crippen LogP contribution in [0.1, 0.15) is 22.5 Å². The number of nitrogens with zero attached hydrogens (tertiary/aromatic N) is 2. The third-order valence-corrected chi connectivity index (χ3v) is 7.86. The lowest BCUT2D eigenvalue weighted by Gasteiger charge is -2.14. The Hall–Kier alpha value is -3.25. The number of hydrogen-bond acceptors (Lipinski definition) is 3. The van der Waals surface area contributed by atoms with Crippen LogP contribution in [0, 0.1) is 13.8 Å². The molecule has 0 atom stereocenters. The van der Waals surface area contributed by atoms with E-state index < -0.39 is 0 Å². The van der Waals surface area contributed by atoms with E-state index in [1.807, 2.05) is 38.1 Å². The van der Waals surface area contributed by atoms with Crippen molar-refractivity contribution in [1.82, 2.24) is 9.47 Å². The van der Waals surface area contributed by atoms with Gasteiger partial charge in [0, 0.05) is 32.7 Å². The van der Waals surface area contributed by atoms with Crippen LogP contribution in [0.4, 0.5) is 4.79 Å². The zero-order valence-corrected chi connectivity index (χ0v) is 22.0. The number of imide groups is 1. The average molecular weight is 533 g/mol. The van der Waals surface area contributed by atoms with E-state index >= 15 is 0 Å². The fourth-order valence-corrected chi connectivity index (χ4v) is 5.73. The summed E-state index contributed by atoms with van der Waals surface area (Å²) >= 11 is 13.4. The zero-order chi connectivity index (χ0) is 25.4. The predicted molar refractivity (Wildman–Crippen MR) is 149 cm³/mol. The molecule has 3 aromatic carbocycles. The minimum absolute atomic E-state index is 0.0350. The second kappa shape index (κ2) is 10.0. The van der Waals surface area contributed by atoms with Crippen molar-refractivity contribution in [2.24, 2.45) is 0 Å². The van der Waals surface area contributed by atoms with Crippen LogP contribution in [-0.2, 0) is 11.3 Å². The van der Waals surface area contributed by atoms with Crippen molar-refractivity contribution in [1.29, 1.82) is 0 Å². The lowest BCUT2D eigenvalue weighted by Crippen LogP contribution is -2.27. The lowest BCUT2D eigenvalue weighted by atomic mass is 10.1. The first-order valence-electron chi connectivity index (χ1n) is 11.4. The van der Waals surface area contributed by atoms with Crippen molar-refractivity contribution in [2.75, 3.05) is 0 Å². The maximum absolute atomic E-state index is 13.1. The molecule has 0 unspecified atom stereocenters. The van der Waals surface area contributed by atoms with E-state index in [2.05, 4.69) is 41.0 Å². The van der Waals surface area contributed by atoms with E-state index in [9.17, 15) is 9.59 Å². The van der Waals surface area contributed by atoms with E-state index in [0.717, 1.165) is 40.0 Å². The number of carbonyl (C=O) groups excluding carboxylic acids is 2. The Balaban J connectivity index is 1.42. The topological polar surface area (TPSA) is 42.3 Å². The molecule has 7 heteroatoms. The fraction of sp³-hybridized carbons (Fsp3) is 0.103. The molecule has 2 amide bonds. The molecule has 0 bridgehead atoms. The highest BCUT2D eigenvalue weighted by Crippen LogP contribution is 2.36. The molecule has 0 spiro atoms. The van der Waals surface area contributed by atoms with E-state index in [4.69, 9.17) is 23.2 Å². The Labute approximate surface area is 224 Å². The monoisotopic (exact) mass is 532 g/mol. The van der Waals surface area contributed by atoms with Crippen LogP contribution in [0.15, 0.2) is 83.8 Å². The van der Waals surface area contributed by atoms with Crippen molar-refractivity contribution in [3.8, 4) is 16.8 Å². The number of carbonyl (C=O) groups is 2. The second-order valence-corrected chi connectivity index (χ2v) is 10.4. The number of halogens is 2. The van der Waals surface area contributed by atoms with Crippen LogP contribution in [0.2, 0.25) is 10.0 Å². The molecule has 180 valence electrons. The molecular formula is C29H22Cl2N2O2S. The van der Waals surface area contributed by atoms with Gasteiger partial charge in [0.25, 0.3) is 11.1 Å². The van der Waals surface area contributed by atoms with E-state index in [1.165, 1.54) is 10.5 Å². The number of hydrogen-bond donors (Lipinski definition) is 0. The SMILES string of the molecule is Cc1cc(/C=C2\SC(=O)N(Cc3c(Cl)cccc3Cl)C2=O)c(C)n1-c1ccc(-c2ccccc2)cc1. The molecule has 0 radical (unpaired) electrons. The number of thioether (sulfide) groups is 1. The highest BCUT2D eigenvalue weighted by Gasteiger charge is 2.36. The minimum atomic E-state index is -0.349. The Morgan fingerprint density at radius 2 is 1.47 bits per heavy atom.